The van der Waals surface area contributed by atoms with Crippen molar-refractivity contribution in [3.63, 3.8) is 0 Å². The maximum absolute atomic E-state index is 11.7. The summed E-state index contributed by atoms with van der Waals surface area (Å²) in [6.45, 7) is 7.03. The standard InChI is InChI=1S/C13H20N2O3S/c1-4-6-14-8-11(16)15-12-10(7-9(3)19-12)13(17)18-5-2/h7,14H,4-6,8H2,1-3H3,(H,15,16). The van der Waals surface area contributed by atoms with Gasteiger partial charge in [0.1, 0.15) is 5.00 Å². The summed E-state index contributed by atoms with van der Waals surface area (Å²) in [7, 11) is 0. The van der Waals surface area contributed by atoms with Crippen LogP contribution in [0, 0.1) is 6.92 Å². The van der Waals surface area contributed by atoms with Crippen LogP contribution < -0.4 is 10.6 Å². The molecule has 6 heteroatoms. The molecular formula is C13H20N2O3S. The Morgan fingerprint density at radius 1 is 1.37 bits per heavy atom. The van der Waals surface area contributed by atoms with Crippen molar-refractivity contribution < 1.29 is 14.3 Å². The molecule has 2 N–H and O–H groups in total. The summed E-state index contributed by atoms with van der Waals surface area (Å²) in [5.74, 6) is -0.551. The number of esters is 1. The first kappa shape index (κ1) is 15.7. The molecule has 1 heterocycles. The Kier molecular flexibility index (Phi) is 6.52. The minimum atomic E-state index is -0.399. The van der Waals surface area contributed by atoms with Crippen molar-refractivity contribution in [2.24, 2.45) is 0 Å². The van der Waals surface area contributed by atoms with Crippen LogP contribution in [0.1, 0.15) is 35.5 Å². The molecule has 5 nitrogen and oxygen atoms in total. The Hall–Kier alpha value is -1.40. The van der Waals surface area contributed by atoms with Crippen LogP contribution in [0.3, 0.4) is 0 Å². The molecule has 0 unspecified atom stereocenters. The Balaban J connectivity index is 2.67. The van der Waals surface area contributed by atoms with E-state index in [0.29, 0.717) is 17.2 Å². The van der Waals surface area contributed by atoms with Gasteiger partial charge in [0.15, 0.2) is 0 Å². The molecule has 0 aliphatic heterocycles. The highest BCUT2D eigenvalue weighted by atomic mass is 32.1. The molecule has 1 rings (SSSR count). The first-order chi connectivity index (χ1) is 9.08. The summed E-state index contributed by atoms with van der Waals surface area (Å²) in [5, 5.41) is 6.31. The van der Waals surface area contributed by atoms with E-state index in [4.69, 9.17) is 4.74 Å². The van der Waals surface area contributed by atoms with E-state index < -0.39 is 5.97 Å². The van der Waals surface area contributed by atoms with Gasteiger partial charge in [0.2, 0.25) is 5.91 Å². The number of nitrogens with one attached hydrogen (secondary N) is 2. The third kappa shape index (κ3) is 5.00. The lowest BCUT2D eigenvalue weighted by Gasteiger charge is -2.06. The second-order valence-corrected chi connectivity index (χ2v) is 5.30. The van der Waals surface area contributed by atoms with Crippen LogP contribution in [-0.2, 0) is 9.53 Å². The van der Waals surface area contributed by atoms with E-state index in [9.17, 15) is 9.59 Å². The zero-order valence-corrected chi connectivity index (χ0v) is 12.4. The molecule has 0 saturated carbocycles. The smallest absolute Gasteiger partial charge is 0.341 e. The number of carbonyl (C=O) groups is 2. The van der Waals surface area contributed by atoms with Gasteiger partial charge in [0.25, 0.3) is 0 Å². The van der Waals surface area contributed by atoms with Crippen LogP contribution in [0.5, 0.6) is 0 Å². The molecule has 0 fully saturated rings. The van der Waals surface area contributed by atoms with E-state index in [1.807, 2.05) is 13.8 Å². The fourth-order valence-electron chi connectivity index (χ4n) is 1.52. The maximum atomic E-state index is 11.7. The number of anilines is 1. The lowest BCUT2D eigenvalue weighted by Crippen LogP contribution is -2.28. The summed E-state index contributed by atoms with van der Waals surface area (Å²) >= 11 is 1.38. The van der Waals surface area contributed by atoms with Crippen molar-refractivity contribution in [1.82, 2.24) is 5.32 Å². The normalized spacial score (nSPS) is 10.3. The van der Waals surface area contributed by atoms with Gasteiger partial charge in [0, 0.05) is 4.88 Å². The van der Waals surface area contributed by atoms with Gasteiger partial charge in [-0.25, -0.2) is 4.79 Å². The molecule has 1 aromatic rings. The number of carbonyl (C=O) groups excluding carboxylic acids is 2. The summed E-state index contributed by atoms with van der Waals surface area (Å²) in [4.78, 5) is 24.4. The average molecular weight is 284 g/mol. The van der Waals surface area contributed by atoms with Gasteiger partial charge in [-0.15, -0.1) is 11.3 Å². The van der Waals surface area contributed by atoms with Crippen LogP contribution in [0.15, 0.2) is 6.07 Å². The van der Waals surface area contributed by atoms with Crippen LogP contribution in [0.2, 0.25) is 0 Å². The molecule has 106 valence electrons. The Bertz CT molecular complexity index is 443. The first-order valence-electron chi connectivity index (χ1n) is 6.36. The van der Waals surface area contributed by atoms with Gasteiger partial charge in [-0.05, 0) is 32.9 Å². The van der Waals surface area contributed by atoms with E-state index in [0.717, 1.165) is 17.8 Å². The fourth-order valence-corrected chi connectivity index (χ4v) is 2.43. The predicted molar refractivity (Wildman–Crippen MR) is 76.8 cm³/mol. The molecule has 1 amide bonds. The number of ether oxygens (including phenoxy) is 1. The predicted octanol–water partition coefficient (Wildman–Crippen LogP) is 2.17. The number of hydrogen-bond donors (Lipinski definition) is 2. The molecule has 0 spiro atoms. The van der Waals surface area contributed by atoms with Gasteiger partial charge in [-0.2, -0.15) is 0 Å². The Morgan fingerprint density at radius 3 is 2.74 bits per heavy atom. The Labute approximate surface area is 117 Å². The number of thiophene rings is 1. The second kappa shape index (κ2) is 7.91. The van der Waals surface area contributed by atoms with E-state index in [2.05, 4.69) is 10.6 Å². The van der Waals surface area contributed by atoms with Crippen LogP contribution >= 0.6 is 11.3 Å². The van der Waals surface area contributed by atoms with Gasteiger partial charge >= 0.3 is 5.97 Å². The topological polar surface area (TPSA) is 67.4 Å². The zero-order valence-electron chi connectivity index (χ0n) is 11.5. The minimum Gasteiger partial charge on any atom is -0.462 e. The quantitative estimate of drug-likeness (QED) is 0.595. The van der Waals surface area contributed by atoms with E-state index in [-0.39, 0.29) is 12.5 Å². The summed E-state index contributed by atoms with van der Waals surface area (Å²) in [5.41, 5.74) is 0.424. The SMILES string of the molecule is CCCNCC(=O)Nc1sc(C)cc1C(=O)OCC. The Morgan fingerprint density at radius 2 is 2.11 bits per heavy atom. The van der Waals surface area contributed by atoms with Gasteiger partial charge in [-0.1, -0.05) is 6.92 Å². The average Bonchev–Trinajstić information content (AvgIpc) is 2.71. The van der Waals surface area contributed by atoms with Gasteiger partial charge in [-0.3, -0.25) is 4.79 Å². The van der Waals surface area contributed by atoms with Crippen molar-refractivity contribution in [2.75, 3.05) is 25.0 Å². The number of hydrogen-bond acceptors (Lipinski definition) is 5. The minimum absolute atomic E-state index is 0.152. The van der Waals surface area contributed by atoms with Crippen LogP contribution in [-0.4, -0.2) is 31.6 Å². The molecule has 0 aliphatic carbocycles. The molecule has 0 aromatic carbocycles. The molecule has 0 saturated heterocycles. The largest absolute Gasteiger partial charge is 0.462 e. The highest BCUT2D eigenvalue weighted by Gasteiger charge is 2.17. The van der Waals surface area contributed by atoms with Crippen LogP contribution in [0.25, 0.3) is 0 Å². The monoisotopic (exact) mass is 284 g/mol. The number of amides is 1. The molecule has 0 aliphatic rings. The summed E-state index contributed by atoms with van der Waals surface area (Å²) in [6.07, 6.45) is 0.972. The fraction of sp³-hybridized carbons (Fsp3) is 0.538. The van der Waals surface area contributed by atoms with E-state index in [1.54, 1.807) is 13.0 Å². The first-order valence-corrected chi connectivity index (χ1v) is 7.18. The molecular weight excluding hydrogens is 264 g/mol. The molecule has 0 bridgehead atoms. The van der Waals surface area contributed by atoms with E-state index in [1.165, 1.54) is 11.3 Å². The number of rotatable bonds is 7. The van der Waals surface area contributed by atoms with Gasteiger partial charge in [0.05, 0.1) is 18.7 Å². The molecule has 19 heavy (non-hydrogen) atoms. The third-order valence-corrected chi connectivity index (χ3v) is 3.28. The van der Waals surface area contributed by atoms with Crippen molar-refractivity contribution in [1.29, 1.82) is 0 Å². The van der Waals surface area contributed by atoms with Gasteiger partial charge < -0.3 is 15.4 Å². The molecule has 1 aromatic heterocycles. The summed E-state index contributed by atoms with van der Waals surface area (Å²) in [6, 6.07) is 1.73. The maximum Gasteiger partial charge on any atom is 0.341 e. The molecule has 0 atom stereocenters. The van der Waals surface area contributed by atoms with Crippen molar-refractivity contribution in [3.8, 4) is 0 Å². The number of aryl methyl sites for hydroxylation is 1. The van der Waals surface area contributed by atoms with E-state index >= 15 is 0 Å². The highest BCUT2D eigenvalue weighted by molar-refractivity contribution is 7.16. The third-order valence-electron chi connectivity index (χ3n) is 2.32. The van der Waals surface area contributed by atoms with Crippen molar-refractivity contribution >= 4 is 28.2 Å². The van der Waals surface area contributed by atoms with Crippen molar-refractivity contribution in [3.05, 3.63) is 16.5 Å². The molecule has 0 radical (unpaired) electrons. The summed E-state index contributed by atoms with van der Waals surface area (Å²) < 4.78 is 4.96. The van der Waals surface area contributed by atoms with Crippen LogP contribution in [0.4, 0.5) is 5.00 Å². The lowest BCUT2D eigenvalue weighted by molar-refractivity contribution is -0.115. The van der Waals surface area contributed by atoms with Crippen molar-refractivity contribution in [2.45, 2.75) is 27.2 Å². The lowest BCUT2D eigenvalue weighted by atomic mass is 10.3. The zero-order chi connectivity index (χ0) is 14.3. The second-order valence-electron chi connectivity index (χ2n) is 4.05. The highest BCUT2D eigenvalue weighted by Crippen LogP contribution is 2.28.